The molecule has 6 rings (SSSR count). The van der Waals surface area contributed by atoms with Gasteiger partial charge in [0.1, 0.15) is 5.82 Å². The molecule has 2 aromatic rings. The monoisotopic (exact) mass is 579 g/mol. The average molecular weight is 580 g/mol. The van der Waals surface area contributed by atoms with E-state index in [1.165, 1.54) is 60.4 Å². The number of nitrogens with one attached hydrogen (secondary N) is 1. The second-order valence-corrected chi connectivity index (χ2v) is 14.8. The Morgan fingerprint density at radius 1 is 1.02 bits per heavy atom. The number of rotatable bonds is 8. The van der Waals surface area contributed by atoms with Gasteiger partial charge in [-0.05, 0) is 70.9 Å². The second-order valence-electron chi connectivity index (χ2n) is 13.5. The summed E-state index contributed by atoms with van der Waals surface area (Å²) < 4.78 is 2.55. The highest BCUT2D eigenvalue weighted by molar-refractivity contribution is 7.12. The van der Waals surface area contributed by atoms with E-state index >= 15 is 0 Å². The van der Waals surface area contributed by atoms with Crippen molar-refractivity contribution in [1.82, 2.24) is 24.7 Å². The van der Waals surface area contributed by atoms with Gasteiger partial charge in [-0.25, -0.2) is 4.98 Å². The van der Waals surface area contributed by atoms with Gasteiger partial charge in [-0.1, -0.05) is 33.1 Å². The minimum absolute atomic E-state index is 0.0312. The van der Waals surface area contributed by atoms with Crippen LogP contribution in [0.1, 0.15) is 117 Å². The van der Waals surface area contributed by atoms with Crippen molar-refractivity contribution in [2.24, 2.45) is 11.8 Å². The van der Waals surface area contributed by atoms with Crippen LogP contribution in [0.2, 0.25) is 0 Å². The Morgan fingerprint density at radius 2 is 1.76 bits per heavy atom. The molecule has 2 bridgehead atoms. The van der Waals surface area contributed by atoms with Crippen molar-refractivity contribution < 1.29 is 9.59 Å². The van der Waals surface area contributed by atoms with Crippen LogP contribution < -0.4 is 5.32 Å². The van der Waals surface area contributed by atoms with Gasteiger partial charge in [0.15, 0.2) is 0 Å². The molecule has 1 N–H and O–H groups in total. The SMILES string of the molecule is Cc1ccc([C@H](CCN2[C@@H]3CC[C@H]2C[C@@H](n2c(C)nc4c2CCN(C(=O)C(C)C)C4)C3)NC(=O)C2CCCCC2)s1. The van der Waals surface area contributed by atoms with Crippen molar-refractivity contribution in [3.8, 4) is 0 Å². The fourth-order valence-corrected chi connectivity index (χ4v) is 9.22. The maximum Gasteiger partial charge on any atom is 0.225 e. The molecule has 2 saturated heterocycles. The first-order valence-electron chi connectivity index (χ1n) is 16.3. The molecule has 7 nitrogen and oxygen atoms in total. The zero-order valence-electron chi connectivity index (χ0n) is 25.5. The molecular formula is C33H49N5O2S. The van der Waals surface area contributed by atoms with Gasteiger partial charge in [-0.3, -0.25) is 14.5 Å². The number of piperidine rings is 1. The standard InChI is InChI=1S/C33H49N5O2S/c1-21(2)33(40)36-16-15-30-29(20-36)34-23(4)38(30)27-18-25-11-12-26(19-27)37(25)17-14-28(31-13-10-22(3)41-31)35-32(39)24-8-6-5-7-9-24/h10,13,21,24-28H,5-9,11-12,14-20H2,1-4H3,(H,35,39)/t25-,26+,27+,28-/m0/s1. The number of amides is 2. The Kier molecular flexibility index (Phi) is 8.60. The first kappa shape index (κ1) is 28.9. The van der Waals surface area contributed by atoms with Crippen LogP contribution in [0.3, 0.4) is 0 Å². The molecule has 0 aromatic carbocycles. The quantitative estimate of drug-likeness (QED) is 0.410. The van der Waals surface area contributed by atoms with Crippen LogP contribution in [0.25, 0.3) is 0 Å². The van der Waals surface area contributed by atoms with Crippen molar-refractivity contribution in [3.63, 3.8) is 0 Å². The van der Waals surface area contributed by atoms with E-state index in [1.54, 1.807) is 0 Å². The Morgan fingerprint density at radius 3 is 2.41 bits per heavy atom. The van der Waals surface area contributed by atoms with Gasteiger partial charge < -0.3 is 14.8 Å². The number of hydrogen-bond donors (Lipinski definition) is 1. The molecule has 3 aliphatic heterocycles. The van der Waals surface area contributed by atoms with Crippen molar-refractivity contribution in [2.75, 3.05) is 13.1 Å². The van der Waals surface area contributed by atoms with E-state index in [1.807, 2.05) is 30.1 Å². The molecular weight excluding hydrogens is 530 g/mol. The number of carbonyl (C=O) groups is 2. The number of aromatic nitrogens is 2. The van der Waals surface area contributed by atoms with Crippen LogP contribution in [0.4, 0.5) is 0 Å². The van der Waals surface area contributed by atoms with Gasteiger partial charge >= 0.3 is 0 Å². The summed E-state index contributed by atoms with van der Waals surface area (Å²) in [6.07, 6.45) is 12.5. The molecule has 8 heteroatoms. The van der Waals surface area contributed by atoms with Gasteiger partial charge in [0.05, 0.1) is 18.3 Å². The lowest BCUT2D eigenvalue weighted by atomic mass is 9.88. The minimum atomic E-state index is 0.0312. The third-order valence-electron chi connectivity index (χ3n) is 10.3. The predicted octanol–water partition coefficient (Wildman–Crippen LogP) is 6.10. The van der Waals surface area contributed by atoms with E-state index in [-0.39, 0.29) is 29.7 Å². The molecule has 2 amide bonds. The molecule has 3 fully saturated rings. The van der Waals surface area contributed by atoms with E-state index in [9.17, 15) is 9.59 Å². The Labute approximate surface area is 250 Å². The maximum atomic E-state index is 13.2. The number of aryl methyl sites for hydroxylation is 2. The number of fused-ring (bicyclic) bond motifs is 3. The van der Waals surface area contributed by atoms with Crippen LogP contribution in [0, 0.1) is 25.7 Å². The van der Waals surface area contributed by atoms with E-state index in [0.29, 0.717) is 24.7 Å². The van der Waals surface area contributed by atoms with E-state index in [2.05, 4.69) is 40.8 Å². The van der Waals surface area contributed by atoms with Gasteiger partial charge in [-0.15, -0.1) is 11.3 Å². The highest BCUT2D eigenvalue weighted by Crippen LogP contribution is 2.43. The summed E-state index contributed by atoms with van der Waals surface area (Å²) >= 11 is 1.84. The first-order chi connectivity index (χ1) is 19.8. The van der Waals surface area contributed by atoms with Gasteiger partial charge in [0.2, 0.25) is 11.8 Å². The van der Waals surface area contributed by atoms with E-state index < -0.39 is 0 Å². The molecule has 0 spiro atoms. The summed E-state index contributed by atoms with van der Waals surface area (Å²) in [5, 5.41) is 3.50. The number of nitrogens with zero attached hydrogens (tertiary/aromatic N) is 4. The summed E-state index contributed by atoms with van der Waals surface area (Å²) in [5.74, 6) is 1.85. The molecule has 0 unspecified atom stereocenters. The summed E-state index contributed by atoms with van der Waals surface area (Å²) in [5.41, 5.74) is 2.48. The highest BCUT2D eigenvalue weighted by atomic mass is 32.1. The number of imidazole rings is 1. The third-order valence-corrected chi connectivity index (χ3v) is 11.4. The summed E-state index contributed by atoms with van der Waals surface area (Å²) in [7, 11) is 0. The Balaban J connectivity index is 1.11. The number of thiophene rings is 1. The van der Waals surface area contributed by atoms with Crippen molar-refractivity contribution in [1.29, 1.82) is 0 Å². The molecule has 2 aromatic heterocycles. The normalized spacial score (nSPS) is 25.9. The molecule has 224 valence electrons. The summed E-state index contributed by atoms with van der Waals surface area (Å²) in [4.78, 5) is 38.3. The van der Waals surface area contributed by atoms with Crippen LogP contribution in [-0.2, 0) is 22.6 Å². The fourth-order valence-electron chi connectivity index (χ4n) is 8.26. The van der Waals surface area contributed by atoms with E-state index in [4.69, 9.17) is 4.98 Å². The van der Waals surface area contributed by atoms with Crippen LogP contribution in [0.15, 0.2) is 12.1 Å². The zero-order valence-corrected chi connectivity index (χ0v) is 26.3. The molecule has 1 aliphatic carbocycles. The van der Waals surface area contributed by atoms with Crippen LogP contribution in [-0.4, -0.2) is 56.3 Å². The highest BCUT2D eigenvalue weighted by Gasteiger charge is 2.42. The van der Waals surface area contributed by atoms with Crippen LogP contribution >= 0.6 is 11.3 Å². The summed E-state index contributed by atoms with van der Waals surface area (Å²) in [6.45, 7) is 10.8. The molecule has 0 radical (unpaired) electrons. The second kappa shape index (κ2) is 12.2. The lowest BCUT2D eigenvalue weighted by Crippen LogP contribution is -2.45. The molecule has 1 saturated carbocycles. The van der Waals surface area contributed by atoms with Crippen LogP contribution in [0.5, 0.6) is 0 Å². The topological polar surface area (TPSA) is 70.5 Å². The molecule has 5 heterocycles. The van der Waals surface area contributed by atoms with Gasteiger partial charge in [0, 0.05) is 64.9 Å². The fraction of sp³-hybridized carbons (Fsp3) is 0.727. The van der Waals surface area contributed by atoms with Crippen molar-refractivity contribution in [2.45, 2.75) is 129 Å². The van der Waals surface area contributed by atoms with Gasteiger partial charge in [0.25, 0.3) is 0 Å². The molecule has 41 heavy (non-hydrogen) atoms. The van der Waals surface area contributed by atoms with Crippen molar-refractivity contribution in [3.05, 3.63) is 39.1 Å². The zero-order chi connectivity index (χ0) is 28.7. The lowest BCUT2D eigenvalue weighted by Gasteiger charge is -2.41. The number of carbonyl (C=O) groups excluding carboxylic acids is 2. The molecule has 4 atom stereocenters. The molecule has 4 aliphatic rings. The maximum absolute atomic E-state index is 13.2. The van der Waals surface area contributed by atoms with Gasteiger partial charge in [-0.2, -0.15) is 0 Å². The number of hydrogen-bond acceptors (Lipinski definition) is 5. The predicted molar refractivity (Wildman–Crippen MR) is 164 cm³/mol. The third kappa shape index (κ3) is 6.01. The Hall–Kier alpha value is -2.19. The smallest absolute Gasteiger partial charge is 0.225 e. The Bertz CT molecular complexity index is 1230. The van der Waals surface area contributed by atoms with Crippen molar-refractivity contribution >= 4 is 23.2 Å². The minimum Gasteiger partial charge on any atom is -0.348 e. The van der Waals surface area contributed by atoms with E-state index in [0.717, 1.165) is 50.3 Å². The largest absolute Gasteiger partial charge is 0.348 e. The lowest BCUT2D eigenvalue weighted by molar-refractivity contribution is -0.135. The summed E-state index contributed by atoms with van der Waals surface area (Å²) in [6, 6.07) is 6.22. The first-order valence-corrected chi connectivity index (χ1v) is 17.1. The average Bonchev–Trinajstić information content (AvgIpc) is 3.61.